The summed E-state index contributed by atoms with van der Waals surface area (Å²) in [5.41, 5.74) is 1.48. The Balaban J connectivity index is 1.82. The number of hydrogen-bond donors (Lipinski definition) is 1. The first-order valence-corrected chi connectivity index (χ1v) is 8.31. The molecule has 23 heavy (non-hydrogen) atoms. The van der Waals surface area contributed by atoms with Gasteiger partial charge in [-0.1, -0.05) is 0 Å². The molecule has 0 aromatic heterocycles. The molecule has 0 spiro atoms. The summed E-state index contributed by atoms with van der Waals surface area (Å²) >= 11 is 0. The van der Waals surface area contributed by atoms with Crippen molar-refractivity contribution >= 4 is 15.9 Å². The normalized spacial score (nSPS) is 12.8. The van der Waals surface area contributed by atoms with Crippen molar-refractivity contribution in [3.8, 4) is 11.8 Å². The summed E-state index contributed by atoms with van der Waals surface area (Å²) < 4.78 is 31.8. The maximum atomic E-state index is 12.2. The first kappa shape index (κ1) is 15.1. The fourth-order valence-electron chi connectivity index (χ4n) is 2.28. The second kappa shape index (κ2) is 5.74. The fraction of sp³-hybridized carbons (Fsp3) is 0.125. The van der Waals surface area contributed by atoms with E-state index in [0.29, 0.717) is 18.6 Å². The van der Waals surface area contributed by atoms with Crippen molar-refractivity contribution in [3.63, 3.8) is 0 Å². The van der Waals surface area contributed by atoms with E-state index in [4.69, 9.17) is 10.00 Å². The minimum atomic E-state index is -3.99. The quantitative estimate of drug-likeness (QED) is 0.923. The molecule has 1 aliphatic rings. The Kier molecular flexibility index (Phi) is 3.76. The third-order valence-electron chi connectivity index (χ3n) is 3.47. The molecular formula is C16H12N2O4S. The van der Waals surface area contributed by atoms with Crippen LogP contribution in [0.25, 0.3) is 0 Å². The van der Waals surface area contributed by atoms with Crippen LogP contribution in [-0.4, -0.2) is 20.9 Å². The molecule has 3 rings (SSSR count). The molecule has 0 atom stereocenters. The lowest BCUT2D eigenvalue weighted by Crippen LogP contribution is -2.30. The summed E-state index contributed by atoms with van der Waals surface area (Å²) in [6.45, 7) is 0.559. The van der Waals surface area contributed by atoms with E-state index >= 15 is 0 Å². The molecule has 0 aliphatic carbocycles. The number of benzene rings is 2. The lowest BCUT2D eigenvalue weighted by atomic mass is 10.1. The molecule has 1 heterocycles. The number of amides is 1. The maximum absolute atomic E-state index is 12.2. The number of hydrogen-bond acceptors (Lipinski definition) is 5. The zero-order chi connectivity index (χ0) is 16.4. The van der Waals surface area contributed by atoms with Crippen LogP contribution in [0.3, 0.4) is 0 Å². The van der Waals surface area contributed by atoms with Crippen molar-refractivity contribution < 1.29 is 17.9 Å². The summed E-state index contributed by atoms with van der Waals surface area (Å²) in [4.78, 5) is 12.1. The van der Waals surface area contributed by atoms with Gasteiger partial charge in [0.25, 0.3) is 15.9 Å². The van der Waals surface area contributed by atoms with Crippen LogP contribution in [-0.2, 0) is 16.4 Å². The van der Waals surface area contributed by atoms with E-state index in [9.17, 15) is 13.2 Å². The summed E-state index contributed by atoms with van der Waals surface area (Å²) in [5, 5.41) is 8.72. The smallest absolute Gasteiger partial charge is 0.265 e. The van der Waals surface area contributed by atoms with Gasteiger partial charge in [0.1, 0.15) is 5.75 Å². The summed E-state index contributed by atoms with van der Waals surface area (Å²) in [6.07, 6.45) is 0.693. The number of nitriles is 1. The zero-order valence-electron chi connectivity index (χ0n) is 11.9. The average Bonchev–Trinajstić information content (AvgIpc) is 3.02. The molecule has 6 nitrogen and oxygen atoms in total. The minimum absolute atomic E-state index is 0.0747. The van der Waals surface area contributed by atoms with Crippen LogP contribution in [0.5, 0.6) is 5.75 Å². The van der Waals surface area contributed by atoms with E-state index in [2.05, 4.69) is 0 Å². The van der Waals surface area contributed by atoms with Crippen LogP contribution in [0.4, 0.5) is 0 Å². The van der Waals surface area contributed by atoms with Gasteiger partial charge in [0.15, 0.2) is 0 Å². The standard InChI is InChI=1S/C16H12N2O4S/c17-10-11-1-4-14(5-2-11)23(20,21)18-16(19)13-3-6-15-12(9-13)7-8-22-15/h1-6,9H,7-8H2,(H,18,19). The molecule has 1 amide bonds. The van der Waals surface area contributed by atoms with Gasteiger partial charge in [-0.05, 0) is 48.0 Å². The molecule has 0 radical (unpaired) electrons. The Morgan fingerprint density at radius 3 is 2.61 bits per heavy atom. The highest BCUT2D eigenvalue weighted by molar-refractivity contribution is 7.90. The van der Waals surface area contributed by atoms with Gasteiger partial charge in [-0.25, -0.2) is 13.1 Å². The number of rotatable bonds is 3. The number of sulfonamides is 1. The Morgan fingerprint density at radius 2 is 1.91 bits per heavy atom. The van der Waals surface area contributed by atoms with Crippen molar-refractivity contribution in [2.24, 2.45) is 0 Å². The number of nitrogens with zero attached hydrogens (tertiary/aromatic N) is 1. The Bertz CT molecular complexity index is 912. The summed E-state index contributed by atoms with van der Waals surface area (Å²) in [5.74, 6) is 0.0144. The largest absolute Gasteiger partial charge is 0.493 e. The molecule has 0 fully saturated rings. The van der Waals surface area contributed by atoms with Crippen LogP contribution in [0.15, 0.2) is 47.4 Å². The second-order valence-electron chi connectivity index (χ2n) is 4.99. The highest BCUT2D eigenvalue weighted by Gasteiger charge is 2.20. The summed E-state index contributed by atoms with van der Waals surface area (Å²) in [7, 11) is -3.99. The Morgan fingerprint density at radius 1 is 1.17 bits per heavy atom. The lowest BCUT2D eigenvalue weighted by Gasteiger charge is -2.08. The molecule has 7 heteroatoms. The van der Waals surface area contributed by atoms with Crippen LogP contribution in [0.2, 0.25) is 0 Å². The van der Waals surface area contributed by atoms with Gasteiger partial charge in [0.05, 0.1) is 23.1 Å². The van der Waals surface area contributed by atoms with E-state index in [0.717, 1.165) is 11.3 Å². The van der Waals surface area contributed by atoms with Crippen LogP contribution >= 0.6 is 0 Å². The number of nitrogens with one attached hydrogen (secondary N) is 1. The highest BCUT2D eigenvalue weighted by atomic mass is 32.2. The number of carbonyl (C=O) groups excluding carboxylic acids is 1. The molecule has 116 valence electrons. The Labute approximate surface area is 133 Å². The molecule has 2 aromatic rings. The first-order valence-electron chi connectivity index (χ1n) is 6.83. The predicted octanol–water partition coefficient (Wildman–Crippen LogP) is 1.61. The molecule has 1 N–H and O–H groups in total. The van der Waals surface area contributed by atoms with E-state index < -0.39 is 15.9 Å². The van der Waals surface area contributed by atoms with Crippen LogP contribution < -0.4 is 9.46 Å². The van der Waals surface area contributed by atoms with Gasteiger partial charge in [-0.3, -0.25) is 4.79 Å². The predicted molar refractivity (Wildman–Crippen MR) is 81.5 cm³/mol. The van der Waals surface area contributed by atoms with Gasteiger partial charge < -0.3 is 4.74 Å². The monoisotopic (exact) mass is 328 g/mol. The first-order chi connectivity index (χ1) is 11.0. The van der Waals surface area contributed by atoms with Gasteiger partial charge in [0, 0.05) is 12.0 Å². The second-order valence-corrected chi connectivity index (χ2v) is 6.67. The lowest BCUT2D eigenvalue weighted by molar-refractivity contribution is 0.0981. The number of fused-ring (bicyclic) bond motifs is 1. The fourth-order valence-corrected chi connectivity index (χ4v) is 3.25. The van der Waals surface area contributed by atoms with Gasteiger partial charge in [-0.2, -0.15) is 5.26 Å². The summed E-state index contributed by atoms with van der Waals surface area (Å²) in [6, 6.07) is 12.0. The van der Waals surface area contributed by atoms with E-state index in [1.165, 1.54) is 30.3 Å². The van der Waals surface area contributed by atoms with Crippen molar-refractivity contribution in [2.45, 2.75) is 11.3 Å². The topological polar surface area (TPSA) is 96.3 Å². The molecule has 0 unspecified atom stereocenters. The van der Waals surface area contributed by atoms with Crippen molar-refractivity contribution in [1.29, 1.82) is 5.26 Å². The van der Waals surface area contributed by atoms with E-state index in [1.54, 1.807) is 12.1 Å². The van der Waals surface area contributed by atoms with Crippen LogP contribution in [0.1, 0.15) is 21.5 Å². The van der Waals surface area contributed by atoms with E-state index in [-0.39, 0.29) is 10.5 Å². The average molecular weight is 328 g/mol. The molecule has 1 aliphatic heterocycles. The highest BCUT2D eigenvalue weighted by Crippen LogP contribution is 2.26. The number of ether oxygens (including phenoxy) is 1. The number of carbonyl (C=O) groups is 1. The molecule has 2 aromatic carbocycles. The van der Waals surface area contributed by atoms with Crippen molar-refractivity contribution in [3.05, 3.63) is 59.2 Å². The molecule has 0 bridgehead atoms. The third-order valence-corrected chi connectivity index (χ3v) is 4.82. The maximum Gasteiger partial charge on any atom is 0.265 e. The molecule has 0 saturated carbocycles. The minimum Gasteiger partial charge on any atom is -0.493 e. The van der Waals surface area contributed by atoms with Crippen molar-refractivity contribution in [1.82, 2.24) is 4.72 Å². The third kappa shape index (κ3) is 3.03. The molecule has 0 saturated heterocycles. The van der Waals surface area contributed by atoms with E-state index in [1.807, 2.05) is 10.8 Å². The molecular weight excluding hydrogens is 316 g/mol. The van der Waals surface area contributed by atoms with Crippen LogP contribution in [0, 0.1) is 11.3 Å². The van der Waals surface area contributed by atoms with Gasteiger partial charge >= 0.3 is 0 Å². The van der Waals surface area contributed by atoms with Gasteiger partial charge in [-0.15, -0.1) is 0 Å². The van der Waals surface area contributed by atoms with Gasteiger partial charge in [0.2, 0.25) is 0 Å². The SMILES string of the molecule is N#Cc1ccc(S(=O)(=O)NC(=O)c2ccc3c(c2)CCO3)cc1. The Hall–Kier alpha value is -2.85. The van der Waals surface area contributed by atoms with Crippen molar-refractivity contribution in [2.75, 3.05) is 6.61 Å². The zero-order valence-corrected chi connectivity index (χ0v) is 12.8.